The second kappa shape index (κ2) is 8.09. The van der Waals surface area contributed by atoms with E-state index in [1.807, 2.05) is 6.92 Å². The van der Waals surface area contributed by atoms with Gasteiger partial charge in [0, 0.05) is 12.1 Å². The zero-order valence-electron chi connectivity index (χ0n) is 16.0. The maximum absolute atomic E-state index is 13.4. The van der Waals surface area contributed by atoms with Gasteiger partial charge >= 0.3 is 0 Å². The minimum atomic E-state index is -3.85. The summed E-state index contributed by atoms with van der Waals surface area (Å²) in [5.41, 5.74) is 0.795. The van der Waals surface area contributed by atoms with Crippen LogP contribution in [0.5, 0.6) is 5.75 Å². The molecule has 1 saturated carbocycles. The van der Waals surface area contributed by atoms with Crippen LogP contribution in [0.2, 0.25) is 0 Å². The molecule has 2 atom stereocenters. The smallest absolute Gasteiger partial charge is 0.187 e. The van der Waals surface area contributed by atoms with E-state index in [0.29, 0.717) is 0 Å². The number of sulfone groups is 2. The van der Waals surface area contributed by atoms with Crippen molar-refractivity contribution in [1.82, 2.24) is 5.32 Å². The van der Waals surface area contributed by atoms with Crippen molar-refractivity contribution in [3.8, 4) is 5.75 Å². The summed E-state index contributed by atoms with van der Waals surface area (Å²) in [5, 5.41) is 2.41. The first-order valence-corrected chi connectivity index (χ1v) is 12.9. The Kier molecular flexibility index (Phi) is 6.17. The van der Waals surface area contributed by atoms with Gasteiger partial charge in [-0.25, -0.2) is 16.8 Å². The molecule has 1 aliphatic heterocycles. The number of hydrogen-bond donors (Lipinski definition) is 1. The van der Waals surface area contributed by atoms with Gasteiger partial charge in [0.05, 0.1) is 23.9 Å². The van der Waals surface area contributed by atoms with Crippen LogP contribution >= 0.6 is 0 Å². The predicted molar refractivity (Wildman–Crippen MR) is 106 cm³/mol. The lowest BCUT2D eigenvalue weighted by molar-refractivity contribution is 0.398. The van der Waals surface area contributed by atoms with Crippen LogP contribution in [0.25, 0.3) is 0 Å². The van der Waals surface area contributed by atoms with Crippen molar-refractivity contribution < 1.29 is 21.6 Å². The standard InChI is InChI=1S/C19H29NO5S2/c1-14-9-10-17(25-2)18(11-14)27(23,24)19-13-26(21,22)12-16(19)20-15-7-5-3-4-6-8-15/h9-11,15-16,19-20H,3-8,12-13H2,1-2H3/t16-,19-/m0/s1. The fraction of sp³-hybridized carbons (Fsp3) is 0.684. The maximum Gasteiger partial charge on any atom is 0.187 e. The third-order valence-corrected chi connectivity index (χ3v) is 9.80. The molecule has 2 aliphatic rings. The van der Waals surface area contributed by atoms with E-state index in [0.717, 1.165) is 31.2 Å². The highest BCUT2D eigenvalue weighted by molar-refractivity contribution is 7.96. The molecule has 1 saturated heterocycles. The van der Waals surface area contributed by atoms with E-state index < -0.39 is 31.0 Å². The molecule has 0 aromatic heterocycles. The Balaban J connectivity index is 1.92. The molecule has 2 fully saturated rings. The number of ether oxygens (including phenoxy) is 1. The summed E-state index contributed by atoms with van der Waals surface area (Å²) in [6.45, 7) is 1.81. The van der Waals surface area contributed by atoms with Gasteiger partial charge in [0.25, 0.3) is 0 Å². The Hall–Kier alpha value is -1.12. The summed E-state index contributed by atoms with van der Waals surface area (Å²) in [6.07, 6.45) is 6.50. The molecule has 27 heavy (non-hydrogen) atoms. The monoisotopic (exact) mass is 415 g/mol. The van der Waals surface area contributed by atoms with Crippen molar-refractivity contribution in [2.45, 2.75) is 67.7 Å². The predicted octanol–water partition coefficient (Wildman–Crippen LogP) is 2.26. The first-order chi connectivity index (χ1) is 12.7. The first kappa shape index (κ1) is 20.6. The van der Waals surface area contributed by atoms with Crippen LogP contribution in [-0.2, 0) is 19.7 Å². The molecule has 0 spiro atoms. The Morgan fingerprint density at radius 1 is 1.07 bits per heavy atom. The topological polar surface area (TPSA) is 89.5 Å². The number of benzene rings is 1. The van der Waals surface area contributed by atoms with Gasteiger partial charge in [-0.15, -0.1) is 0 Å². The van der Waals surface area contributed by atoms with E-state index in [1.54, 1.807) is 18.2 Å². The van der Waals surface area contributed by atoms with Crippen LogP contribution in [0, 0.1) is 6.92 Å². The van der Waals surface area contributed by atoms with Crippen LogP contribution < -0.4 is 10.1 Å². The minimum Gasteiger partial charge on any atom is -0.495 e. The minimum absolute atomic E-state index is 0.0831. The Morgan fingerprint density at radius 2 is 1.74 bits per heavy atom. The molecule has 6 nitrogen and oxygen atoms in total. The van der Waals surface area contributed by atoms with Gasteiger partial charge < -0.3 is 10.1 Å². The molecule has 1 heterocycles. The first-order valence-electron chi connectivity index (χ1n) is 9.58. The molecule has 0 amide bonds. The third kappa shape index (κ3) is 4.66. The number of aryl methyl sites for hydroxylation is 1. The second-order valence-corrected chi connectivity index (χ2v) is 12.1. The van der Waals surface area contributed by atoms with Crippen molar-refractivity contribution >= 4 is 19.7 Å². The third-order valence-electron chi connectivity index (χ3n) is 5.63. The Labute approximate surface area is 162 Å². The van der Waals surface area contributed by atoms with Crippen molar-refractivity contribution in [3.63, 3.8) is 0 Å². The zero-order chi connectivity index (χ0) is 19.7. The van der Waals surface area contributed by atoms with E-state index in [1.165, 1.54) is 20.0 Å². The molecule has 0 unspecified atom stereocenters. The van der Waals surface area contributed by atoms with Crippen molar-refractivity contribution in [2.75, 3.05) is 18.6 Å². The molecule has 8 heteroatoms. The van der Waals surface area contributed by atoms with Gasteiger partial charge in [0.15, 0.2) is 19.7 Å². The Bertz CT molecular complexity index is 871. The highest BCUT2D eigenvalue weighted by atomic mass is 32.2. The molecule has 1 aliphatic carbocycles. The molecule has 0 radical (unpaired) electrons. The summed E-state index contributed by atoms with van der Waals surface area (Å²) in [4.78, 5) is 0.0831. The van der Waals surface area contributed by atoms with E-state index in [2.05, 4.69) is 5.32 Å². The number of nitrogens with one attached hydrogen (secondary N) is 1. The molecule has 1 aromatic rings. The van der Waals surface area contributed by atoms with Crippen molar-refractivity contribution in [2.24, 2.45) is 0 Å². The van der Waals surface area contributed by atoms with Gasteiger partial charge in [-0.3, -0.25) is 0 Å². The van der Waals surface area contributed by atoms with Crippen LogP contribution in [0.3, 0.4) is 0 Å². The van der Waals surface area contributed by atoms with E-state index in [-0.39, 0.29) is 28.2 Å². The second-order valence-electron chi connectivity index (χ2n) is 7.78. The summed E-state index contributed by atoms with van der Waals surface area (Å²) in [7, 11) is -5.83. The molecular weight excluding hydrogens is 386 g/mol. The molecule has 1 N–H and O–H groups in total. The molecule has 1 aromatic carbocycles. The van der Waals surface area contributed by atoms with Crippen LogP contribution in [-0.4, -0.2) is 52.8 Å². The van der Waals surface area contributed by atoms with Crippen molar-refractivity contribution in [1.29, 1.82) is 0 Å². The fourth-order valence-corrected chi connectivity index (χ4v) is 9.12. The summed E-state index contributed by atoms with van der Waals surface area (Å²) in [5.74, 6) is -0.198. The quantitative estimate of drug-likeness (QED) is 0.742. The van der Waals surface area contributed by atoms with E-state index >= 15 is 0 Å². The number of methoxy groups -OCH3 is 1. The van der Waals surface area contributed by atoms with Crippen LogP contribution in [0.1, 0.15) is 44.1 Å². The molecule has 0 bridgehead atoms. The zero-order valence-corrected chi connectivity index (χ0v) is 17.6. The van der Waals surface area contributed by atoms with E-state index in [4.69, 9.17) is 4.74 Å². The average molecular weight is 416 g/mol. The lowest BCUT2D eigenvalue weighted by Crippen LogP contribution is -2.47. The highest BCUT2D eigenvalue weighted by Crippen LogP contribution is 2.33. The summed E-state index contributed by atoms with van der Waals surface area (Å²) < 4.78 is 56.7. The summed E-state index contributed by atoms with van der Waals surface area (Å²) >= 11 is 0. The molecular formula is C19H29NO5S2. The van der Waals surface area contributed by atoms with Crippen molar-refractivity contribution in [3.05, 3.63) is 23.8 Å². The number of rotatable bonds is 5. The van der Waals surface area contributed by atoms with Crippen LogP contribution in [0.4, 0.5) is 0 Å². The lowest BCUT2D eigenvalue weighted by Gasteiger charge is -2.26. The molecule has 3 rings (SSSR count). The van der Waals surface area contributed by atoms with Gasteiger partial charge in [-0.1, -0.05) is 31.7 Å². The normalized spacial score (nSPS) is 26.6. The van der Waals surface area contributed by atoms with Gasteiger partial charge in [0.1, 0.15) is 10.6 Å². The number of hydrogen-bond acceptors (Lipinski definition) is 6. The van der Waals surface area contributed by atoms with E-state index in [9.17, 15) is 16.8 Å². The average Bonchev–Trinajstić information content (AvgIpc) is 2.76. The van der Waals surface area contributed by atoms with Crippen LogP contribution in [0.15, 0.2) is 23.1 Å². The molecule has 152 valence electrons. The lowest BCUT2D eigenvalue weighted by atomic mass is 10.1. The van der Waals surface area contributed by atoms with Gasteiger partial charge in [-0.05, 0) is 37.5 Å². The van der Waals surface area contributed by atoms with Gasteiger partial charge in [-0.2, -0.15) is 0 Å². The fourth-order valence-electron chi connectivity index (χ4n) is 4.19. The SMILES string of the molecule is COc1ccc(C)cc1S(=O)(=O)[C@H]1CS(=O)(=O)C[C@@H]1NC1CCCCCC1. The van der Waals surface area contributed by atoms with Gasteiger partial charge in [0.2, 0.25) is 0 Å². The summed E-state index contributed by atoms with van der Waals surface area (Å²) in [6, 6.07) is 4.59. The highest BCUT2D eigenvalue weighted by Gasteiger charge is 2.47. The largest absolute Gasteiger partial charge is 0.495 e. The maximum atomic E-state index is 13.4. The Morgan fingerprint density at radius 3 is 2.37 bits per heavy atom.